The third-order valence-electron chi connectivity index (χ3n) is 3.75. The van der Waals surface area contributed by atoms with Crippen LogP contribution in [0.4, 0.5) is 0 Å². The molecular weight excluding hydrogens is 314 g/mol. The average molecular weight is 328 g/mol. The molecule has 0 aliphatic heterocycles. The van der Waals surface area contributed by atoms with E-state index in [1.807, 2.05) is 19.1 Å². The van der Waals surface area contributed by atoms with E-state index in [-0.39, 0.29) is 5.75 Å². The first-order valence-corrected chi connectivity index (χ1v) is 7.36. The summed E-state index contributed by atoms with van der Waals surface area (Å²) in [7, 11) is 1.33. The van der Waals surface area contributed by atoms with Crippen LogP contribution in [0.1, 0.15) is 15.9 Å². The van der Waals surface area contributed by atoms with Crippen molar-refractivity contribution in [1.82, 2.24) is 4.98 Å². The first kappa shape index (κ1) is 15.3. The molecule has 0 aliphatic carbocycles. The molecule has 3 aromatic rings. The van der Waals surface area contributed by atoms with E-state index in [9.17, 15) is 9.90 Å². The molecule has 0 unspecified atom stereocenters. The number of methoxy groups -OCH3 is 1. The molecule has 0 saturated carbocycles. The van der Waals surface area contributed by atoms with Crippen LogP contribution in [0, 0.1) is 6.92 Å². The Bertz CT molecular complexity index is 922. The van der Waals surface area contributed by atoms with Crippen LogP contribution in [-0.4, -0.2) is 23.2 Å². The maximum Gasteiger partial charge on any atom is 0.337 e. The zero-order chi connectivity index (χ0) is 16.6. The minimum Gasteiger partial charge on any atom is -0.507 e. The van der Waals surface area contributed by atoms with Crippen LogP contribution >= 0.6 is 11.6 Å². The molecule has 0 aliphatic rings. The number of benzene rings is 2. The lowest BCUT2D eigenvalue weighted by Gasteiger charge is -2.11. The molecule has 5 heteroatoms. The first-order chi connectivity index (χ1) is 11.0. The molecule has 0 spiro atoms. The van der Waals surface area contributed by atoms with Gasteiger partial charge in [-0.05, 0) is 30.7 Å². The van der Waals surface area contributed by atoms with Crippen molar-refractivity contribution in [1.29, 1.82) is 0 Å². The monoisotopic (exact) mass is 327 g/mol. The Morgan fingerprint density at radius 3 is 2.74 bits per heavy atom. The highest BCUT2D eigenvalue weighted by atomic mass is 35.5. The van der Waals surface area contributed by atoms with Gasteiger partial charge in [-0.3, -0.25) is 4.98 Å². The van der Waals surface area contributed by atoms with E-state index in [0.29, 0.717) is 27.2 Å². The van der Waals surface area contributed by atoms with E-state index >= 15 is 0 Å². The van der Waals surface area contributed by atoms with Crippen LogP contribution in [0.5, 0.6) is 5.75 Å². The number of fused-ring (bicyclic) bond motifs is 1. The minimum atomic E-state index is -0.439. The SMILES string of the molecule is COC(=O)c1ccc2c(Cl)cnc(-c3cccc(C)c3O)c2c1. The molecule has 116 valence electrons. The highest BCUT2D eigenvalue weighted by Gasteiger charge is 2.15. The second-order valence-corrected chi connectivity index (χ2v) is 5.58. The van der Waals surface area contributed by atoms with Gasteiger partial charge in [0.2, 0.25) is 0 Å². The summed E-state index contributed by atoms with van der Waals surface area (Å²) in [5.41, 5.74) is 2.30. The Labute approximate surface area is 138 Å². The number of carbonyl (C=O) groups is 1. The van der Waals surface area contributed by atoms with Crippen LogP contribution < -0.4 is 0 Å². The van der Waals surface area contributed by atoms with E-state index in [4.69, 9.17) is 16.3 Å². The van der Waals surface area contributed by atoms with E-state index in [0.717, 1.165) is 10.9 Å². The van der Waals surface area contributed by atoms with Crippen molar-refractivity contribution in [3.8, 4) is 17.0 Å². The number of ether oxygens (including phenoxy) is 1. The van der Waals surface area contributed by atoms with Crippen molar-refractivity contribution in [2.24, 2.45) is 0 Å². The number of aromatic hydroxyl groups is 1. The van der Waals surface area contributed by atoms with E-state index < -0.39 is 5.97 Å². The second-order valence-electron chi connectivity index (χ2n) is 5.18. The van der Waals surface area contributed by atoms with Gasteiger partial charge in [0.1, 0.15) is 5.75 Å². The zero-order valence-electron chi connectivity index (χ0n) is 12.6. The maximum absolute atomic E-state index is 11.8. The molecule has 0 fully saturated rings. The minimum absolute atomic E-state index is 0.159. The van der Waals surface area contributed by atoms with Gasteiger partial charge in [-0.2, -0.15) is 0 Å². The molecule has 1 aromatic heterocycles. The summed E-state index contributed by atoms with van der Waals surface area (Å²) in [4.78, 5) is 16.1. The summed E-state index contributed by atoms with van der Waals surface area (Å²) in [6.45, 7) is 1.82. The summed E-state index contributed by atoms with van der Waals surface area (Å²) < 4.78 is 4.76. The third kappa shape index (κ3) is 2.62. The molecule has 0 saturated heterocycles. The predicted molar refractivity (Wildman–Crippen MR) is 89.9 cm³/mol. The number of hydrogen-bond donors (Lipinski definition) is 1. The molecule has 0 atom stereocenters. The van der Waals surface area contributed by atoms with Gasteiger partial charge in [0.15, 0.2) is 0 Å². The normalized spacial score (nSPS) is 10.7. The second kappa shape index (κ2) is 5.89. The van der Waals surface area contributed by atoms with E-state index in [1.165, 1.54) is 7.11 Å². The molecule has 3 rings (SSSR count). The van der Waals surface area contributed by atoms with Gasteiger partial charge in [0.05, 0.1) is 23.4 Å². The fourth-order valence-corrected chi connectivity index (χ4v) is 2.73. The number of rotatable bonds is 2. The molecule has 4 nitrogen and oxygen atoms in total. The van der Waals surface area contributed by atoms with Crippen molar-refractivity contribution in [2.45, 2.75) is 6.92 Å². The lowest BCUT2D eigenvalue weighted by molar-refractivity contribution is 0.0601. The molecule has 0 amide bonds. The quantitative estimate of drug-likeness (QED) is 0.711. The number of aryl methyl sites for hydroxylation is 1. The smallest absolute Gasteiger partial charge is 0.337 e. The van der Waals surface area contributed by atoms with Crippen LogP contribution in [0.2, 0.25) is 5.02 Å². The third-order valence-corrected chi connectivity index (χ3v) is 4.05. The van der Waals surface area contributed by atoms with Crippen molar-refractivity contribution in [3.05, 3.63) is 58.7 Å². The summed E-state index contributed by atoms with van der Waals surface area (Å²) in [6.07, 6.45) is 1.54. The average Bonchev–Trinajstić information content (AvgIpc) is 2.57. The Kier molecular flexibility index (Phi) is 3.92. The largest absolute Gasteiger partial charge is 0.507 e. The van der Waals surface area contributed by atoms with E-state index in [2.05, 4.69) is 4.98 Å². The first-order valence-electron chi connectivity index (χ1n) is 6.98. The molecule has 1 N–H and O–H groups in total. The number of para-hydroxylation sites is 1. The summed E-state index contributed by atoms with van der Waals surface area (Å²) in [5.74, 6) is -0.279. The number of halogens is 1. The number of hydrogen-bond acceptors (Lipinski definition) is 4. The van der Waals surface area contributed by atoms with Crippen molar-refractivity contribution in [2.75, 3.05) is 7.11 Å². The van der Waals surface area contributed by atoms with Crippen LogP contribution in [0.3, 0.4) is 0 Å². The van der Waals surface area contributed by atoms with E-state index in [1.54, 1.807) is 30.5 Å². The summed E-state index contributed by atoms with van der Waals surface area (Å²) >= 11 is 6.21. The molecule has 23 heavy (non-hydrogen) atoms. The van der Waals surface area contributed by atoms with Gasteiger partial charge >= 0.3 is 5.97 Å². The van der Waals surface area contributed by atoms with Gasteiger partial charge in [0.25, 0.3) is 0 Å². The summed E-state index contributed by atoms with van der Waals surface area (Å²) in [5, 5.41) is 12.3. The highest BCUT2D eigenvalue weighted by molar-refractivity contribution is 6.35. The fourth-order valence-electron chi connectivity index (χ4n) is 2.52. The van der Waals surface area contributed by atoms with Gasteiger partial charge < -0.3 is 9.84 Å². The maximum atomic E-state index is 11.8. The topological polar surface area (TPSA) is 59.4 Å². The lowest BCUT2D eigenvalue weighted by atomic mass is 9.99. The van der Waals surface area contributed by atoms with Gasteiger partial charge in [-0.1, -0.05) is 29.8 Å². The Morgan fingerprint density at radius 2 is 2.00 bits per heavy atom. The molecular formula is C18H14ClNO3. The number of phenolic OH excluding ortho intramolecular Hbond substituents is 1. The Morgan fingerprint density at radius 1 is 1.22 bits per heavy atom. The number of pyridine rings is 1. The number of aromatic nitrogens is 1. The number of carbonyl (C=O) groups excluding carboxylic acids is 1. The molecule has 0 bridgehead atoms. The number of esters is 1. The van der Waals surface area contributed by atoms with Gasteiger partial charge in [0, 0.05) is 22.5 Å². The van der Waals surface area contributed by atoms with Gasteiger partial charge in [-0.25, -0.2) is 4.79 Å². The standard InChI is InChI=1S/C18H14ClNO3/c1-10-4-3-5-13(17(10)21)16-14-8-11(18(22)23-2)6-7-12(14)15(19)9-20-16/h3-9,21H,1-2H3. The lowest BCUT2D eigenvalue weighted by Crippen LogP contribution is -2.01. The zero-order valence-corrected chi connectivity index (χ0v) is 13.4. The molecule has 2 aromatic carbocycles. The number of nitrogens with zero attached hydrogens (tertiary/aromatic N) is 1. The van der Waals surface area contributed by atoms with Crippen LogP contribution in [-0.2, 0) is 4.74 Å². The van der Waals surface area contributed by atoms with Crippen molar-refractivity contribution >= 4 is 28.3 Å². The summed E-state index contributed by atoms with van der Waals surface area (Å²) in [6, 6.07) is 10.5. The predicted octanol–water partition coefficient (Wildman–Crippen LogP) is 4.36. The Hall–Kier alpha value is -2.59. The van der Waals surface area contributed by atoms with Crippen molar-refractivity contribution < 1.29 is 14.6 Å². The molecule has 1 heterocycles. The number of phenols is 1. The highest BCUT2D eigenvalue weighted by Crippen LogP contribution is 2.37. The fraction of sp³-hybridized carbons (Fsp3) is 0.111. The van der Waals surface area contributed by atoms with Crippen LogP contribution in [0.25, 0.3) is 22.0 Å². The Balaban J connectivity index is 2.34. The molecule has 0 radical (unpaired) electrons. The van der Waals surface area contributed by atoms with Crippen LogP contribution in [0.15, 0.2) is 42.6 Å². The van der Waals surface area contributed by atoms with Gasteiger partial charge in [-0.15, -0.1) is 0 Å². The van der Waals surface area contributed by atoms with Crippen molar-refractivity contribution in [3.63, 3.8) is 0 Å².